The van der Waals surface area contributed by atoms with Crippen LogP contribution in [0.15, 0.2) is 121 Å². The quantitative estimate of drug-likeness (QED) is 0.176. The van der Waals surface area contributed by atoms with Crippen molar-refractivity contribution >= 4 is 35.8 Å². The maximum atomic E-state index is 4.01. The summed E-state index contributed by atoms with van der Waals surface area (Å²) in [5.74, 6) is 0.436. The van der Waals surface area contributed by atoms with E-state index in [4.69, 9.17) is 0 Å². The van der Waals surface area contributed by atoms with Gasteiger partial charge < -0.3 is 5.32 Å². The van der Waals surface area contributed by atoms with Crippen molar-refractivity contribution < 1.29 is 0 Å². The number of allylic oxidation sites excluding steroid dienone is 5. The first-order valence-electron chi connectivity index (χ1n) is 22.2. The Hall–Kier alpha value is -4.82. The molecule has 0 amide bonds. The topological polar surface area (TPSA) is 12.0 Å². The van der Waals surface area contributed by atoms with Crippen LogP contribution in [0, 0.1) is 35.5 Å². The van der Waals surface area contributed by atoms with E-state index in [1.54, 1.807) is 5.57 Å². The minimum atomic E-state index is 0.0193. The highest BCUT2D eigenvalue weighted by molar-refractivity contribution is 6.59. The molecule has 0 spiro atoms. The molecule has 3 aliphatic carbocycles. The SMILES string of the molecule is Cc1cccc(C)c1-c1cc2c(c(-c3cc4c(cc3Nc3ccc(-c5ccccc5)cc3)C=CCC4)c1)BC(C)C1(C)C=C(C(C)(C)C)C=C2C2(C)CCCCC21C. The predicted octanol–water partition coefficient (Wildman–Crippen LogP) is 14.9. The average molecular weight is 760 g/mol. The van der Waals surface area contributed by atoms with Gasteiger partial charge in [0.2, 0.25) is 0 Å². The number of benzene rings is 5. The standard InChI is InChI=1S/C56H62BN/c1-36-18-17-19-37(2)51(36)43-31-47(46-30-41-22-13-14-23-42(41)33-50(46)58-45-26-24-40(25-27-45)39-20-11-10-12-21-39)52-48(32-43)49-34-44(53(4,5)6)35-55(8,38(3)57-52)56(9)29-16-15-28-54(49,56)7/h10-12,14,17-21,23-27,30-35,38,57-58H,13,15-16,22,28-29H2,1-9H3. The highest BCUT2D eigenvalue weighted by Gasteiger charge is 2.61. The molecule has 294 valence electrons. The van der Waals surface area contributed by atoms with Gasteiger partial charge in [-0.05, 0) is 164 Å². The Morgan fingerprint density at radius 3 is 2.14 bits per heavy atom. The Balaban J connectivity index is 1.34. The van der Waals surface area contributed by atoms with Crippen LogP contribution in [0.25, 0.3) is 45.0 Å². The first-order chi connectivity index (χ1) is 27.7. The molecule has 4 aliphatic rings. The van der Waals surface area contributed by atoms with Crippen molar-refractivity contribution in [2.75, 3.05) is 5.32 Å². The lowest BCUT2D eigenvalue weighted by Crippen LogP contribution is -2.55. The molecule has 0 radical (unpaired) electrons. The molecule has 5 aromatic carbocycles. The van der Waals surface area contributed by atoms with Gasteiger partial charge in [-0.1, -0.05) is 158 Å². The van der Waals surface area contributed by atoms with Gasteiger partial charge in [0.15, 0.2) is 7.28 Å². The minimum absolute atomic E-state index is 0.0193. The fraction of sp³-hybridized carbons (Fsp3) is 0.357. The van der Waals surface area contributed by atoms with Crippen molar-refractivity contribution in [2.24, 2.45) is 21.7 Å². The number of rotatable bonds is 5. The van der Waals surface area contributed by atoms with Crippen molar-refractivity contribution in [1.29, 1.82) is 0 Å². The van der Waals surface area contributed by atoms with Crippen molar-refractivity contribution in [2.45, 2.75) is 107 Å². The van der Waals surface area contributed by atoms with E-state index in [-0.39, 0.29) is 21.7 Å². The van der Waals surface area contributed by atoms with E-state index in [1.165, 1.54) is 104 Å². The zero-order chi connectivity index (χ0) is 40.6. The fourth-order valence-corrected chi connectivity index (χ4v) is 11.8. The van der Waals surface area contributed by atoms with Crippen molar-refractivity contribution in [3.8, 4) is 33.4 Å². The van der Waals surface area contributed by atoms with Crippen LogP contribution in [-0.2, 0) is 6.42 Å². The molecule has 1 aliphatic heterocycles. The second-order valence-electron chi connectivity index (χ2n) is 20.1. The lowest BCUT2D eigenvalue weighted by molar-refractivity contribution is -0.0308. The van der Waals surface area contributed by atoms with E-state index in [0.29, 0.717) is 5.82 Å². The Labute approximate surface area is 350 Å². The Morgan fingerprint density at radius 1 is 0.724 bits per heavy atom. The molecule has 1 heterocycles. The highest BCUT2D eigenvalue weighted by Crippen LogP contribution is 2.70. The first-order valence-corrected chi connectivity index (χ1v) is 22.2. The molecular formula is C56H62BN. The molecule has 1 N–H and O–H groups in total. The normalized spacial score (nSPS) is 24.9. The largest absolute Gasteiger partial charge is 0.355 e. The van der Waals surface area contributed by atoms with Crippen LogP contribution in [0.2, 0.25) is 5.82 Å². The number of hydrogen-bond donors (Lipinski definition) is 1. The van der Waals surface area contributed by atoms with Gasteiger partial charge in [0, 0.05) is 16.9 Å². The van der Waals surface area contributed by atoms with E-state index in [2.05, 4.69) is 189 Å². The molecule has 5 aromatic rings. The van der Waals surface area contributed by atoms with Gasteiger partial charge in [0.1, 0.15) is 0 Å². The summed E-state index contributed by atoms with van der Waals surface area (Å²) in [6.07, 6.45) is 17.4. The number of nitrogens with one attached hydrogen (secondary N) is 1. The molecule has 0 saturated heterocycles. The maximum absolute atomic E-state index is 4.01. The van der Waals surface area contributed by atoms with E-state index in [9.17, 15) is 0 Å². The van der Waals surface area contributed by atoms with Gasteiger partial charge in [-0.15, -0.1) is 0 Å². The number of hydrogen-bond acceptors (Lipinski definition) is 1. The molecule has 1 fully saturated rings. The summed E-state index contributed by atoms with van der Waals surface area (Å²) in [5.41, 5.74) is 21.9. The number of anilines is 2. The number of fused-ring (bicyclic) bond motifs is 3. The van der Waals surface area contributed by atoms with E-state index in [0.717, 1.165) is 25.8 Å². The van der Waals surface area contributed by atoms with E-state index < -0.39 is 0 Å². The van der Waals surface area contributed by atoms with Gasteiger partial charge >= 0.3 is 0 Å². The Bertz CT molecular complexity index is 2490. The highest BCUT2D eigenvalue weighted by atomic mass is 14.9. The summed E-state index contributed by atoms with van der Waals surface area (Å²) >= 11 is 0. The van der Waals surface area contributed by atoms with Crippen molar-refractivity contribution in [3.63, 3.8) is 0 Å². The zero-order valence-corrected chi connectivity index (χ0v) is 36.6. The summed E-state index contributed by atoms with van der Waals surface area (Å²) in [4.78, 5) is 0. The summed E-state index contributed by atoms with van der Waals surface area (Å²) in [5, 5.41) is 4.01. The third kappa shape index (κ3) is 6.20. The van der Waals surface area contributed by atoms with Crippen LogP contribution < -0.4 is 10.8 Å². The van der Waals surface area contributed by atoms with Gasteiger partial charge in [-0.3, -0.25) is 0 Å². The van der Waals surface area contributed by atoms with Gasteiger partial charge in [-0.2, -0.15) is 0 Å². The average Bonchev–Trinajstić information content (AvgIpc) is 3.24. The van der Waals surface area contributed by atoms with Crippen LogP contribution in [0.3, 0.4) is 0 Å². The second kappa shape index (κ2) is 14.2. The molecule has 0 aromatic heterocycles. The maximum Gasteiger partial charge on any atom is 0.163 e. The van der Waals surface area contributed by atoms with Crippen LogP contribution in [0.1, 0.15) is 108 Å². The van der Waals surface area contributed by atoms with E-state index in [1.807, 2.05) is 0 Å². The summed E-state index contributed by atoms with van der Waals surface area (Å²) < 4.78 is 0. The van der Waals surface area contributed by atoms with Crippen molar-refractivity contribution in [1.82, 2.24) is 0 Å². The van der Waals surface area contributed by atoms with Gasteiger partial charge in [0.25, 0.3) is 0 Å². The molecule has 9 rings (SSSR count). The van der Waals surface area contributed by atoms with Gasteiger partial charge in [-0.25, -0.2) is 0 Å². The van der Waals surface area contributed by atoms with Crippen LogP contribution in [0.4, 0.5) is 11.4 Å². The summed E-state index contributed by atoms with van der Waals surface area (Å²) in [6.45, 7) is 22.5. The fourth-order valence-electron chi connectivity index (χ4n) is 11.8. The summed E-state index contributed by atoms with van der Waals surface area (Å²) in [7, 11) is 1.04. The lowest BCUT2D eigenvalue weighted by atomic mass is 9.35. The molecule has 4 atom stereocenters. The van der Waals surface area contributed by atoms with E-state index >= 15 is 0 Å². The van der Waals surface area contributed by atoms with Crippen LogP contribution in [-0.4, -0.2) is 7.28 Å². The third-order valence-electron chi connectivity index (χ3n) is 15.8. The molecule has 2 bridgehead atoms. The minimum Gasteiger partial charge on any atom is -0.355 e. The molecule has 4 unspecified atom stereocenters. The van der Waals surface area contributed by atoms with Crippen LogP contribution >= 0.6 is 0 Å². The molecule has 1 nitrogen and oxygen atoms in total. The lowest BCUT2D eigenvalue weighted by Gasteiger charge is -2.62. The molecular weight excluding hydrogens is 697 g/mol. The predicted molar refractivity (Wildman–Crippen MR) is 254 cm³/mol. The Morgan fingerprint density at radius 2 is 1.41 bits per heavy atom. The second-order valence-corrected chi connectivity index (χ2v) is 20.1. The molecule has 1 saturated carbocycles. The monoisotopic (exact) mass is 759 g/mol. The van der Waals surface area contributed by atoms with Crippen molar-refractivity contribution in [3.05, 3.63) is 149 Å². The van der Waals surface area contributed by atoms with Crippen LogP contribution in [0.5, 0.6) is 0 Å². The number of aryl methyl sites for hydroxylation is 3. The smallest absolute Gasteiger partial charge is 0.163 e. The summed E-state index contributed by atoms with van der Waals surface area (Å²) in [6, 6.07) is 36.7. The van der Waals surface area contributed by atoms with Gasteiger partial charge in [0.05, 0.1) is 0 Å². The molecule has 2 heteroatoms. The Kier molecular flexibility index (Phi) is 9.46. The molecule has 58 heavy (non-hydrogen) atoms. The zero-order valence-electron chi connectivity index (χ0n) is 36.6. The third-order valence-corrected chi connectivity index (χ3v) is 15.8. The first kappa shape index (κ1) is 38.7.